The van der Waals surface area contributed by atoms with Crippen molar-refractivity contribution in [3.63, 3.8) is 0 Å². The molecule has 10 heteroatoms. The van der Waals surface area contributed by atoms with Crippen molar-refractivity contribution in [1.82, 2.24) is 4.83 Å². The minimum atomic E-state index is -4.08. The molecule has 0 unspecified atom stereocenters. The first-order valence-electron chi connectivity index (χ1n) is 8.58. The van der Waals surface area contributed by atoms with Gasteiger partial charge in [0.15, 0.2) is 5.75 Å². The minimum absolute atomic E-state index is 0.00133. The van der Waals surface area contributed by atoms with Crippen LogP contribution in [0.3, 0.4) is 0 Å². The Morgan fingerprint density at radius 2 is 1.57 bits per heavy atom. The Labute approximate surface area is 183 Å². The molecule has 0 atom stereocenters. The van der Waals surface area contributed by atoms with Crippen LogP contribution in [0.25, 0.3) is 0 Å². The van der Waals surface area contributed by atoms with Gasteiger partial charge in [-0.3, -0.25) is 0 Å². The molecule has 0 fully saturated rings. The average Bonchev–Trinajstić information content (AvgIpc) is 2.71. The van der Waals surface area contributed by atoms with Gasteiger partial charge in [-0.15, -0.1) is 0 Å². The van der Waals surface area contributed by atoms with Crippen LogP contribution in [-0.2, 0) is 20.1 Å². The van der Waals surface area contributed by atoms with Gasteiger partial charge in [0.1, 0.15) is 4.90 Å². The van der Waals surface area contributed by atoms with Crippen LogP contribution in [0.4, 0.5) is 0 Å². The predicted molar refractivity (Wildman–Crippen MR) is 117 cm³/mol. The number of rotatable bonds is 7. The summed E-state index contributed by atoms with van der Waals surface area (Å²) in [5.41, 5.74) is 1.17. The number of hydrogen-bond acceptors (Lipinski definition) is 6. The zero-order valence-electron chi connectivity index (χ0n) is 15.7. The van der Waals surface area contributed by atoms with Gasteiger partial charge >= 0.3 is 10.1 Å². The van der Waals surface area contributed by atoms with Crippen molar-refractivity contribution < 1.29 is 21.0 Å². The fourth-order valence-electron chi connectivity index (χ4n) is 2.38. The molecule has 0 spiro atoms. The highest BCUT2D eigenvalue weighted by molar-refractivity contribution is 9.10. The quantitative estimate of drug-likeness (QED) is 0.296. The van der Waals surface area contributed by atoms with Gasteiger partial charge in [-0.05, 0) is 49.4 Å². The average molecular weight is 509 g/mol. The lowest BCUT2D eigenvalue weighted by molar-refractivity contribution is 0.485. The van der Waals surface area contributed by atoms with Crippen LogP contribution in [0.1, 0.15) is 11.1 Å². The molecule has 156 valence electrons. The fraction of sp³-hybridized carbons (Fsp3) is 0.0500. The summed E-state index contributed by atoms with van der Waals surface area (Å²) in [6.07, 6.45) is 1.17. The monoisotopic (exact) mass is 508 g/mol. The van der Waals surface area contributed by atoms with E-state index in [-0.39, 0.29) is 21.1 Å². The second kappa shape index (κ2) is 8.99. The summed E-state index contributed by atoms with van der Waals surface area (Å²) in [7, 11) is -7.93. The molecule has 0 radical (unpaired) electrons. The summed E-state index contributed by atoms with van der Waals surface area (Å²) < 4.78 is 55.6. The van der Waals surface area contributed by atoms with Gasteiger partial charge in [0.05, 0.1) is 11.1 Å². The molecule has 0 aliphatic carbocycles. The largest absolute Gasteiger partial charge is 0.378 e. The summed E-state index contributed by atoms with van der Waals surface area (Å²) in [5, 5.41) is 3.75. The number of aryl methyl sites for hydroxylation is 1. The lowest BCUT2D eigenvalue weighted by Crippen LogP contribution is -2.18. The van der Waals surface area contributed by atoms with E-state index in [0.29, 0.717) is 4.47 Å². The Morgan fingerprint density at radius 1 is 0.900 bits per heavy atom. The summed E-state index contributed by atoms with van der Waals surface area (Å²) >= 11 is 3.29. The van der Waals surface area contributed by atoms with Gasteiger partial charge in [0, 0.05) is 10.0 Å². The van der Waals surface area contributed by atoms with Crippen LogP contribution < -0.4 is 9.01 Å². The Balaban J connectivity index is 1.85. The molecule has 0 saturated carbocycles. The van der Waals surface area contributed by atoms with Crippen molar-refractivity contribution in [3.8, 4) is 5.75 Å². The first-order chi connectivity index (χ1) is 14.2. The van der Waals surface area contributed by atoms with E-state index in [9.17, 15) is 16.8 Å². The Kier molecular flexibility index (Phi) is 6.59. The molecule has 30 heavy (non-hydrogen) atoms. The molecular formula is C20H17BrN2O5S2. The molecule has 3 aromatic rings. The molecule has 0 bridgehead atoms. The lowest BCUT2D eigenvalue weighted by Gasteiger charge is -2.10. The van der Waals surface area contributed by atoms with E-state index in [4.69, 9.17) is 4.18 Å². The molecule has 0 aliphatic rings. The van der Waals surface area contributed by atoms with Crippen LogP contribution in [0.5, 0.6) is 5.75 Å². The van der Waals surface area contributed by atoms with Crippen LogP contribution in [0.2, 0.25) is 0 Å². The molecule has 0 aromatic heterocycles. The Hall–Kier alpha value is -2.69. The maximum Gasteiger partial charge on any atom is 0.339 e. The standard InChI is InChI=1S/C20H17BrN2O5S2/c1-15-7-10-19(11-8-15)30(26,27)28-20-12-9-17(21)13-16(20)14-22-23-29(24,25)18-5-3-2-4-6-18/h2-14,23H,1H3/b22-14-. The van der Waals surface area contributed by atoms with E-state index in [2.05, 4.69) is 25.9 Å². The van der Waals surface area contributed by atoms with E-state index in [1.54, 1.807) is 42.5 Å². The van der Waals surface area contributed by atoms with Gasteiger partial charge < -0.3 is 4.18 Å². The zero-order chi connectivity index (χ0) is 21.8. The van der Waals surface area contributed by atoms with Crippen molar-refractivity contribution >= 4 is 42.3 Å². The van der Waals surface area contributed by atoms with Crippen molar-refractivity contribution in [2.75, 3.05) is 0 Å². The number of hydrogen-bond donors (Lipinski definition) is 1. The Morgan fingerprint density at radius 3 is 2.23 bits per heavy atom. The molecule has 0 saturated heterocycles. The van der Waals surface area contributed by atoms with Crippen LogP contribution in [-0.4, -0.2) is 23.1 Å². The van der Waals surface area contributed by atoms with E-state index in [1.165, 1.54) is 36.5 Å². The van der Waals surface area contributed by atoms with Crippen molar-refractivity contribution in [3.05, 3.63) is 88.4 Å². The number of nitrogens with zero attached hydrogens (tertiary/aromatic N) is 1. The Bertz CT molecular complexity index is 1270. The molecule has 7 nitrogen and oxygen atoms in total. The fourth-order valence-corrected chi connectivity index (χ4v) is 4.53. The molecule has 3 rings (SSSR count). The van der Waals surface area contributed by atoms with Crippen molar-refractivity contribution in [1.29, 1.82) is 0 Å². The summed E-state index contributed by atoms with van der Waals surface area (Å²) in [6, 6.07) is 18.6. The molecule has 0 amide bonds. The van der Waals surface area contributed by atoms with Gasteiger partial charge in [-0.1, -0.05) is 51.8 Å². The topological polar surface area (TPSA) is 102 Å². The van der Waals surface area contributed by atoms with E-state index >= 15 is 0 Å². The SMILES string of the molecule is Cc1ccc(S(=O)(=O)Oc2ccc(Br)cc2/C=N\NS(=O)(=O)c2ccccc2)cc1. The summed E-state index contributed by atoms with van der Waals surface area (Å²) in [4.78, 5) is 2.15. The van der Waals surface area contributed by atoms with Crippen LogP contribution >= 0.6 is 15.9 Å². The number of sulfonamides is 1. The van der Waals surface area contributed by atoms with Gasteiger partial charge in [-0.2, -0.15) is 21.9 Å². The highest BCUT2D eigenvalue weighted by Crippen LogP contribution is 2.25. The minimum Gasteiger partial charge on any atom is -0.378 e. The second-order valence-electron chi connectivity index (χ2n) is 6.20. The summed E-state index contributed by atoms with van der Waals surface area (Å²) in [6.45, 7) is 1.84. The lowest BCUT2D eigenvalue weighted by atomic mass is 10.2. The summed E-state index contributed by atoms with van der Waals surface area (Å²) in [5.74, 6) is 0.00133. The van der Waals surface area contributed by atoms with Crippen LogP contribution in [0, 0.1) is 6.92 Å². The van der Waals surface area contributed by atoms with Crippen molar-refractivity contribution in [2.45, 2.75) is 16.7 Å². The highest BCUT2D eigenvalue weighted by atomic mass is 79.9. The maximum atomic E-state index is 12.6. The first-order valence-corrected chi connectivity index (χ1v) is 12.3. The smallest absolute Gasteiger partial charge is 0.339 e. The van der Waals surface area contributed by atoms with Crippen molar-refractivity contribution in [2.24, 2.45) is 5.10 Å². The number of halogens is 1. The number of hydrazone groups is 1. The van der Waals surface area contributed by atoms with Gasteiger partial charge in [-0.25, -0.2) is 4.83 Å². The number of benzene rings is 3. The van der Waals surface area contributed by atoms with E-state index in [0.717, 1.165) is 5.56 Å². The molecule has 0 heterocycles. The molecule has 1 N–H and O–H groups in total. The molecule has 3 aromatic carbocycles. The zero-order valence-corrected chi connectivity index (χ0v) is 18.9. The first kappa shape index (κ1) is 22.0. The highest BCUT2D eigenvalue weighted by Gasteiger charge is 2.18. The van der Waals surface area contributed by atoms with E-state index < -0.39 is 20.1 Å². The van der Waals surface area contributed by atoms with Gasteiger partial charge in [0.2, 0.25) is 0 Å². The third-order valence-electron chi connectivity index (χ3n) is 3.91. The second-order valence-corrected chi connectivity index (χ2v) is 10.3. The maximum absolute atomic E-state index is 12.6. The third-order valence-corrected chi connectivity index (χ3v) is 6.89. The van der Waals surface area contributed by atoms with Gasteiger partial charge in [0.25, 0.3) is 10.0 Å². The van der Waals surface area contributed by atoms with E-state index in [1.807, 2.05) is 6.92 Å². The van der Waals surface area contributed by atoms with Crippen LogP contribution in [0.15, 0.2) is 92.2 Å². The molecule has 0 aliphatic heterocycles. The molecular weight excluding hydrogens is 492 g/mol. The normalized spacial score (nSPS) is 12.1. The number of nitrogens with one attached hydrogen (secondary N) is 1. The third kappa shape index (κ3) is 5.47. The predicted octanol–water partition coefficient (Wildman–Crippen LogP) is 3.84.